The molecule has 210 valence electrons. The summed E-state index contributed by atoms with van der Waals surface area (Å²) < 4.78 is 15.9. The Bertz CT molecular complexity index is 1160. The molecule has 3 aromatic rings. The van der Waals surface area contributed by atoms with Gasteiger partial charge in [0.2, 0.25) is 5.91 Å². The van der Waals surface area contributed by atoms with Crippen LogP contribution in [0.2, 0.25) is 0 Å². The molecule has 0 spiro atoms. The van der Waals surface area contributed by atoms with Crippen molar-refractivity contribution in [2.45, 2.75) is 51.5 Å². The molecule has 0 bridgehead atoms. The van der Waals surface area contributed by atoms with Crippen LogP contribution in [0.15, 0.2) is 91.0 Å². The van der Waals surface area contributed by atoms with Crippen LogP contribution in [0.4, 0.5) is 4.79 Å². The zero-order chi connectivity index (χ0) is 28.6. The van der Waals surface area contributed by atoms with Gasteiger partial charge in [-0.15, -0.1) is 0 Å². The predicted octanol–water partition coefficient (Wildman–Crippen LogP) is 4.10. The summed E-state index contributed by atoms with van der Waals surface area (Å²) in [5.41, 5.74) is 2.46. The topological polar surface area (TPSA) is 120 Å². The third-order valence-electron chi connectivity index (χ3n) is 5.84. The fraction of sp³-hybridized carbons (Fsp3) is 0.290. The Balaban J connectivity index is 1.68. The van der Waals surface area contributed by atoms with Gasteiger partial charge in [-0.25, -0.2) is 4.79 Å². The van der Waals surface area contributed by atoms with Crippen LogP contribution in [0.1, 0.15) is 36.5 Å². The molecule has 0 fully saturated rings. The number of nitrogens with one attached hydrogen (secondary N) is 2. The van der Waals surface area contributed by atoms with Gasteiger partial charge < -0.3 is 24.8 Å². The summed E-state index contributed by atoms with van der Waals surface area (Å²) in [6.07, 6.45) is -0.729. The SMILES string of the molecule is CCC(=O)OC[C@H](Cc1ccccc1)NC(=O)[C@H](CC(=O)OCc1ccccc1)NC(=O)OCc1ccccc1. The van der Waals surface area contributed by atoms with Gasteiger partial charge in [0.1, 0.15) is 25.9 Å². The molecule has 2 amide bonds. The minimum atomic E-state index is -1.29. The molecule has 0 saturated heterocycles. The van der Waals surface area contributed by atoms with E-state index in [2.05, 4.69) is 10.6 Å². The normalized spacial score (nSPS) is 11.9. The molecule has 2 atom stereocenters. The second kappa shape index (κ2) is 16.3. The van der Waals surface area contributed by atoms with Gasteiger partial charge in [0.15, 0.2) is 0 Å². The molecule has 0 aliphatic heterocycles. The second-order valence-corrected chi connectivity index (χ2v) is 9.04. The highest BCUT2D eigenvalue weighted by Crippen LogP contribution is 2.08. The maximum absolute atomic E-state index is 13.3. The summed E-state index contributed by atoms with van der Waals surface area (Å²) in [4.78, 5) is 50.4. The van der Waals surface area contributed by atoms with Crippen molar-refractivity contribution in [3.05, 3.63) is 108 Å². The highest BCUT2D eigenvalue weighted by atomic mass is 16.6. The number of alkyl carbamates (subject to hydrolysis) is 1. The van der Waals surface area contributed by atoms with E-state index >= 15 is 0 Å². The van der Waals surface area contributed by atoms with Crippen LogP contribution < -0.4 is 10.6 Å². The maximum Gasteiger partial charge on any atom is 0.408 e. The number of ether oxygens (including phenoxy) is 3. The Morgan fingerprint density at radius 1 is 0.650 bits per heavy atom. The van der Waals surface area contributed by atoms with E-state index in [1.165, 1.54) is 0 Å². The van der Waals surface area contributed by atoms with Crippen molar-refractivity contribution in [1.82, 2.24) is 10.6 Å². The number of carbonyl (C=O) groups excluding carboxylic acids is 4. The summed E-state index contributed by atoms with van der Waals surface area (Å²) in [6.45, 7) is 1.62. The van der Waals surface area contributed by atoms with Crippen molar-refractivity contribution in [3.63, 3.8) is 0 Å². The molecular weight excluding hydrogens is 512 g/mol. The van der Waals surface area contributed by atoms with Gasteiger partial charge in [-0.1, -0.05) is 97.9 Å². The first kappa shape index (κ1) is 29.9. The smallest absolute Gasteiger partial charge is 0.408 e. The highest BCUT2D eigenvalue weighted by Gasteiger charge is 2.28. The molecule has 0 radical (unpaired) electrons. The first-order valence-corrected chi connectivity index (χ1v) is 13.1. The number of hydrogen-bond donors (Lipinski definition) is 2. The van der Waals surface area contributed by atoms with E-state index in [1.807, 2.05) is 78.9 Å². The third kappa shape index (κ3) is 11.0. The Morgan fingerprint density at radius 2 is 1.18 bits per heavy atom. The van der Waals surface area contributed by atoms with Crippen molar-refractivity contribution in [1.29, 1.82) is 0 Å². The van der Waals surface area contributed by atoms with Gasteiger partial charge in [-0.05, 0) is 23.1 Å². The minimum Gasteiger partial charge on any atom is -0.463 e. The van der Waals surface area contributed by atoms with Crippen LogP contribution in [0.25, 0.3) is 0 Å². The van der Waals surface area contributed by atoms with E-state index in [0.29, 0.717) is 6.42 Å². The maximum atomic E-state index is 13.3. The number of benzene rings is 3. The van der Waals surface area contributed by atoms with Gasteiger partial charge in [-0.2, -0.15) is 0 Å². The summed E-state index contributed by atoms with van der Waals surface area (Å²) in [5.74, 6) is -1.72. The summed E-state index contributed by atoms with van der Waals surface area (Å²) in [6, 6.07) is 25.7. The molecule has 3 rings (SSSR count). The lowest BCUT2D eigenvalue weighted by atomic mass is 10.1. The van der Waals surface area contributed by atoms with Crippen LogP contribution in [0.3, 0.4) is 0 Å². The summed E-state index contributed by atoms with van der Waals surface area (Å²) >= 11 is 0. The zero-order valence-electron chi connectivity index (χ0n) is 22.4. The molecule has 0 aromatic heterocycles. The van der Waals surface area contributed by atoms with E-state index < -0.39 is 42.4 Å². The minimum absolute atomic E-state index is 0.0108. The van der Waals surface area contributed by atoms with Crippen molar-refractivity contribution in [2.24, 2.45) is 0 Å². The quantitative estimate of drug-likeness (QED) is 0.231. The average molecular weight is 547 g/mol. The first-order chi connectivity index (χ1) is 19.4. The number of amides is 2. The lowest BCUT2D eigenvalue weighted by Gasteiger charge is -2.23. The van der Waals surface area contributed by atoms with Crippen molar-refractivity contribution >= 4 is 23.9 Å². The summed E-state index contributed by atoms with van der Waals surface area (Å²) in [7, 11) is 0. The number of carbonyl (C=O) groups is 4. The van der Waals surface area contributed by atoms with Gasteiger partial charge in [0.25, 0.3) is 0 Å². The Labute approximate surface area is 233 Å². The molecule has 0 aliphatic rings. The lowest BCUT2D eigenvalue weighted by Crippen LogP contribution is -2.52. The van der Waals surface area contributed by atoms with E-state index in [1.54, 1.807) is 19.1 Å². The van der Waals surface area contributed by atoms with Gasteiger partial charge >= 0.3 is 18.0 Å². The Morgan fingerprint density at radius 3 is 1.73 bits per heavy atom. The summed E-state index contributed by atoms with van der Waals surface area (Å²) in [5, 5.41) is 5.29. The van der Waals surface area contributed by atoms with Crippen LogP contribution in [0, 0.1) is 0 Å². The van der Waals surface area contributed by atoms with Crippen molar-refractivity contribution in [2.75, 3.05) is 6.61 Å². The first-order valence-electron chi connectivity index (χ1n) is 13.1. The second-order valence-electron chi connectivity index (χ2n) is 9.04. The standard InChI is InChI=1S/C31H34N2O7/c1-2-28(34)39-22-26(18-23-12-6-3-7-13-23)32-30(36)27(19-29(35)38-20-24-14-8-4-9-15-24)33-31(37)40-21-25-16-10-5-11-17-25/h3-17,26-27H,2,18-22H2,1H3,(H,32,36)(H,33,37)/t26-,27-/m0/s1. The van der Waals surface area contributed by atoms with E-state index in [0.717, 1.165) is 16.7 Å². The van der Waals surface area contributed by atoms with Crippen LogP contribution in [0.5, 0.6) is 0 Å². The molecule has 0 saturated carbocycles. The molecular formula is C31H34N2O7. The van der Waals surface area contributed by atoms with Crippen LogP contribution in [-0.2, 0) is 48.2 Å². The molecule has 40 heavy (non-hydrogen) atoms. The number of rotatable bonds is 14. The third-order valence-corrected chi connectivity index (χ3v) is 5.84. The molecule has 2 N–H and O–H groups in total. The lowest BCUT2D eigenvalue weighted by molar-refractivity contribution is -0.147. The fourth-order valence-corrected chi connectivity index (χ4v) is 3.73. The van der Waals surface area contributed by atoms with Gasteiger partial charge in [0, 0.05) is 6.42 Å². The van der Waals surface area contributed by atoms with Crippen LogP contribution >= 0.6 is 0 Å². The average Bonchev–Trinajstić information content (AvgIpc) is 2.98. The predicted molar refractivity (Wildman–Crippen MR) is 148 cm³/mol. The van der Waals surface area contributed by atoms with Crippen molar-refractivity contribution in [3.8, 4) is 0 Å². The largest absolute Gasteiger partial charge is 0.463 e. The van der Waals surface area contributed by atoms with E-state index in [-0.39, 0.29) is 26.2 Å². The molecule has 0 unspecified atom stereocenters. The van der Waals surface area contributed by atoms with Crippen molar-refractivity contribution < 1.29 is 33.4 Å². The Hall–Kier alpha value is -4.66. The zero-order valence-corrected chi connectivity index (χ0v) is 22.4. The number of esters is 2. The monoisotopic (exact) mass is 546 g/mol. The molecule has 9 nitrogen and oxygen atoms in total. The van der Waals surface area contributed by atoms with Gasteiger partial charge in [-0.3, -0.25) is 14.4 Å². The molecule has 0 aliphatic carbocycles. The van der Waals surface area contributed by atoms with E-state index in [4.69, 9.17) is 14.2 Å². The molecule has 9 heteroatoms. The van der Waals surface area contributed by atoms with Gasteiger partial charge in [0.05, 0.1) is 12.5 Å². The Kier molecular flexibility index (Phi) is 12.2. The molecule has 0 heterocycles. The molecule has 3 aromatic carbocycles. The fourth-order valence-electron chi connectivity index (χ4n) is 3.73. The van der Waals surface area contributed by atoms with E-state index in [9.17, 15) is 19.2 Å². The number of hydrogen-bond acceptors (Lipinski definition) is 7. The highest BCUT2D eigenvalue weighted by molar-refractivity contribution is 5.89. The van der Waals surface area contributed by atoms with Crippen LogP contribution in [-0.4, -0.2) is 42.6 Å².